The van der Waals surface area contributed by atoms with E-state index in [9.17, 15) is 13.2 Å². The minimum absolute atomic E-state index is 0.0646. The smallest absolute Gasteiger partial charge is 0.240 e. The van der Waals surface area contributed by atoms with Crippen LogP contribution in [-0.2, 0) is 21.2 Å². The van der Waals surface area contributed by atoms with Gasteiger partial charge < -0.3 is 10.6 Å². The average molecular weight is 297 g/mol. The van der Waals surface area contributed by atoms with Gasteiger partial charge in [0.1, 0.15) is 0 Å². The summed E-state index contributed by atoms with van der Waals surface area (Å²) in [6.45, 7) is 2.62. The van der Waals surface area contributed by atoms with Crippen LogP contribution in [0.2, 0.25) is 0 Å². The lowest BCUT2D eigenvalue weighted by Gasteiger charge is -2.21. The van der Waals surface area contributed by atoms with Gasteiger partial charge in [-0.15, -0.1) is 0 Å². The van der Waals surface area contributed by atoms with Crippen molar-refractivity contribution in [1.29, 1.82) is 0 Å². The first-order valence-corrected chi connectivity index (χ1v) is 7.97. The number of benzene rings is 1. The number of fused-ring (bicyclic) bond motifs is 1. The van der Waals surface area contributed by atoms with Crippen molar-refractivity contribution in [3.05, 3.63) is 23.8 Å². The fourth-order valence-electron chi connectivity index (χ4n) is 2.24. The summed E-state index contributed by atoms with van der Waals surface area (Å²) in [5.74, 6) is -0.337. The second kappa shape index (κ2) is 5.51. The van der Waals surface area contributed by atoms with Crippen LogP contribution < -0.4 is 15.4 Å². The van der Waals surface area contributed by atoms with Crippen LogP contribution in [0.3, 0.4) is 0 Å². The molecule has 1 heterocycles. The zero-order valence-electron chi connectivity index (χ0n) is 11.6. The van der Waals surface area contributed by atoms with Gasteiger partial charge >= 0.3 is 0 Å². The van der Waals surface area contributed by atoms with Gasteiger partial charge in [0.25, 0.3) is 0 Å². The Hall–Kier alpha value is -1.44. The van der Waals surface area contributed by atoms with Crippen LogP contribution in [0.1, 0.15) is 12.5 Å². The van der Waals surface area contributed by atoms with Gasteiger partial charge in [0, 0.05) is 24.7 Å². The Bertz CT molecular complexity index is 628. The fraction of sp³-hybridized carbons (Fsp3) is 0.462. The molecule has 1 aliphatic heterocycles. The summed E-state index contributed by atoms with van der Waals surface area (Å²) in [5.41, 5.74) is 7.18. The molecule has 1 amide bonds. The highest BCUT2D eigenvalue weighted by Crippen LogP contribution is 2.31. The van der Waals surface area contributed by atoms with Gasteiger partial charge in [-0.25, -0.2) is 13.1 Å². The number of nitrogens with one attached hydrogen (secondary N) is 1. The summed E-state index contributed by atoms with van der Waals surface area (Å²) in [7, 11) is -2.14. The number of anilines is 1. The molecular weight excluding hydrogens is 278 g/mol. The van der Waals surface area contributed by atoms with Crippen LogP contribution in [0, 0.1) is 5.92 Å². The highest BCUT2D eigenvalue weighted by atomic mass is 32.2. The molecule has 1 aromatic rings. The van der Waals surface area contributed by atoms with E-state index >= 15 is 0 Å². The third-order valence-electron chi connectivity index (χ3n) is 3.57. The van der Waals surface area contributed by atoms with Crippen LogP contribution in [0.5, 0.6) is 0 Å². The number of rotatable bonds is 4. The molecule has 2 rings (SSSR count). The molecule has 1 unspecified atom stereocenters. The predicted molar refractivity (Wildman–Crippen MR) is 77.0 cm³/mol. The van der Waals surface area contributed by atoms with Gasteiger partial charge in [-0.3, -0.25) is 4.79 Å². The molecule has 6 nitrogen and oxygen atoms in total. The number of amides is 1. The molecule has 110 valence electrons. The number of carbonyl (C=O) groups excluding carboxylic acids is 1. The molecule has 0 saturated heterocycles. The van der Waals surface area contributed by atoms with Gasteiger partial charge in [0.2, 0.25) is 15.9 Å². The standard InChI is InChI=1S/C13H19N3O3S/c1-9(8-14)13(17)16-6-5-10-3-4-11(7-12(10)16)20(18,19)15-2/h3-4,7,9,15H,5-6,8,14H2,1-2H3. The van der Waals surface area contributed by atoms with Crippen LogP contribution in [0.25, 0.3) is 0 Å². The Balaban J connectivity index is 2.41. The third kappa shape index (κ3) is 2.56. The molecule has 1 aromatic carbocycles. The summed E-state index contributed by atoms with van der Waals surface area (Å²) in [6.07, 6.45) is 0.734. The first kappa shape index (κ1) is 15.0. The van der Waals surface area contributed by atoms with E-state index in [1.807, 2.05) is 0 Å². The van der Waals surface area contributed by atoms with E-state index in [1.54, 1.807) is 30.0 Å². The maximum atomic E-state index is 12.3. The molecule has 0 bridgehead atoms. The normalized spacial score (nSPS) is 16.1. The summed E-state index contributed by atoms with van der Waals surface area (Å²) in [6, 6.07) is 4.88. The lowest BCUT2D eigenvalue weighted by atomic mass is 10.1. The van der Waals surface area contributed by atoms with Crippen molar-refractivity contribution in [3.8, 4) is 0 Å². The van der Waals surface area contributed by atoms with E-state index in [1.165, 1.54) is 7.05 Å². The topological polar surface area (TPSA) is 92.5 Å². The van der Waals surface area contributed by atoms with E-state index in [0.717, 1.165) is 12.0 Å². The highest BCUT2D eigenvalue weighted by Gasteiger charge is 2.28. The van der Waals surface area contributed by atoms with Crippen molar-refractivity contribution >= 4 is 21.6 Å². The Labute approximate surface area is 119 Å². The molecule has 0 aromatic heterocycles. The molecule has 0 fully saturated rings. The van der Waals surface area contributed by atoms with Crippen LogP contribution >= 0.6 is 0 Å². The minimum atomic E-state index is -3.51. The van der Waals surface area contributed by atoms with Crippen LogP contribution in [0.15, 0.2) is 23.1 Å². The van der Waals surface area contributed by atoms with Gasteiger partial charge in [0.05, 0.1) is 4.90 Å². The summed E-state index contributed by atoms with van der Waals surface area (Å²) >= 11 is 0. The van der Waals surface area contributed by atoms with Gasteiger partial charge in [-0.2, -0.15) is 0 Å². The summed E-state index contributed by atoms with van der Waals surface area (Å²) < 4.78 is 25.9. The van der Waals surface area contributed by atoms with Crippen LogP contribution in [0.4, 0.5) is 5.69 Å². The largest absolute Gasteiger partial charge is 0.330 e. The summed E-state index contributed by atoms with van der Waals surface area (Å²) in [5, 5.41) is 0. The first-order chi connectivity index (χ1) is 9.40. The monoisotopic (exact) mass is 297 g/mol. The van der Waals surface area contributed by atoms with Crippen molar-refractivity contribution in [1.82, 2.24) is 4.72 Å². The number of carbonyl (C=O) groups is 1. The van der Waals surface area contributed by atoms with Crippen molar-refractivity contribution in [2.24, 2.45) is 11.7 Å². The third-order valence-corrected chi connectivity index (χ3v) is 4.98. The van der Waals surface area contributed by atoms with Gasteiger partial charge in [-0.1, -0.05) is 13.0 Å². The molecule has 20 heavy (non-hydrogen) atoms. The average Bonchev–Trinajstić information content (AvgIpc) is 2.88. The van der Waals surface area contributed by atoms with Crippen molar-refractivity contribution in [3.63, 3.8) is 0 Å². The lowest BCUT2D eigenvalue weighted by molar-refractivity contribution is -0.121. The Morgan fingerprint density at radius 2 is 2.20 bits per heavy atom. The van der Waals surface area contributed by atoms with E-state index < -0.39 is 10.0 Å². The quantitative estimate of drug-likeness (QED) is 0.823. The molecule has 0 aliphatic carbocycles. The Kier molecular flexibility index (Phi) is 4.12. The second-order valence-corrected chi connectivity index (χ2v) is 6.76. The van der Waals surface area contributed by atoms with E-state index in [4.69, 9.17) is 5.73 Å². The molecule has 0 saturated carbocycles. The van der Waals surface area contributed by atoms with Crippen LogP contribution in [-0.4, -0.2) is 34.5 Å². The lowest BCUT2D eigenvalue weighted by Crippen LogP contribution is -2.36. The number of sulfonamides is 1. The number of nitrogens with two attached hydrogens (primary N) is 1. The SMILES string of the molecule is CNS(=O)(=O)c1ccc2c(c1)N(C(=O)C(C)CN)CC2. The minimum Gasteiger partial charge on any atom is -0.330 e. The van der Waals surface area contributed by atoms with Crippen molar-refractivity contribution in [2.45, 2.75) is 18.2 Å². The zero-order chi connectivity index (χ0) is 14.9. The Morgan fingerprint density at radius 1 is 1.50 bits per heavy atom. The molecule has 0 spiro atoms. The van der Waals surface area contributed by atoms with Gasteiger partial charge in [0.15, 0.2) is 0 Å². The molecular formula is C13H19N3O3S. The number of hydrogen-bond donors (Lipinski definition) is 2. The number of nitrogens with zero attached hydrogens (tertiary/aromatic N) is 1. The zero-order valence-corrected chi connectivity index (χ0v) is 12.4. The molecule has 1 aliphatic rings. The first-order valence-electron chi connectivity index (χ1n) is 6.48. The molecule has 3 N–H and O–H groups in total. The number of hydrogen-bond acceptors (Lipinski definition) is 4. The fourth-order valence-corrected chi connectivity index (χ4v) is 2.99. The second-order valence-electron chi connectivity index (χ2n) is 4.87. The Morgan fingerprint density at radius 3 is 2.80 bits per heavy atom. The highest BCUT2D eigenvalue weighted by molar-refractivity contribution is 7.89. The van der Waals surface area contributed by atoms with E-state index in [-0.39, 0.29) is 23.3 Å². The van der Waals surface area contributed by atoms with E-state index in [0.29, 0.717) is 12.2 Å². The summed E-state index contributed by atoms with van der Waals surface area (Å²) in [4.78, 5) is 14.0. The molecule has 0 radical (unpaired) electrons. The maximum Gasteiger partial charge on any atom is 0.240 e. The van der Waals surface area contributed by atoms with E-state index in [2.05, 4.69) is 4.72 Å². The molecule has 1 atom stereocenters. The van der Waals surface area contributed by atoms with Gasteiger partial charge in [-0.05, 0) is 31.2 Å². The molecule has 7 heteroatoms. The van der Waals surface area contributed by atoms with Crippen molar-refractivity contribution < 1.29 is 13.2 Å². The maximum absolute atomic E-state index is 12.3. The predicted octanol–water partition coefficient (Wildman–Crippen LogP) is 0.0786. The van der Waals surface area contributed by atoms with Crippen molar-refractivity contribution in [2.75, 3.05) is 25.0 Å².